The Labute approximate surface area is 177 Å². The summed E-state index contributed by atoms with van der Waals surface area (Å²) in [5.41, 5.74) is 4.02. The summed E-state index contributed by atoms with van der Waals surface area (Å²) < 4.78 is 16.3. The molecule has 1 aromatic heterocycles. The molecule has 1 aliphatic rings. The Morgan fingerprint density at radius 2 is 1.87 bits per heavy atom. The van der Waals surface area contributed by atoms with Crippen LogP contribution in [0.3, 0.4) is 0 Å². The van der Waals surface area contributed by atoms with Crippen LogP contribution in [0.2, 0.25) is 0 Å². The lowest BCUT2D eigenvalue weighted by Crippen LogP contribution is -2.34. The van der Waals surface area contributed by atoms with Gasteiger partial charge in [-0.3, -0.25) is 4.79 Å². The van der Waals surface area contributed by atoms with Crippen molar-refractivity contribution in [2.45, 2.75) is 53.0 Å². The SMILES string of the molecule is Cc1cc(C)c(OCC(=O)OCC(=O)N(Cc2ccco2)C2=CCCCC2)c(C)c1. The van der Waals surface area contributed by atoms with E-state index in [1.54, 1.807) is 17.2 Å². The first-order valence-electron chi connectivity index (χ1n) is 10.3. The fourth-order valence-corrected chi connectivity index (χ4v) is 3.76. The molecule has 0 radical (unpaired) electrons. The normalized spacial score (nSPS) is 13.5. The van der Waals surface area contributed by atoms with Crippen LogP contribution in [0.25, 0.3) is 0 Å². The molecule has 1 aromatic carbocycles. The summed E-state index contributed by atoms with van der Waals surface area (Å²) in [5.74, 6) is 0.527. The number of furan rings is 1. The summed E-state index contributed by atoms with van der Waals surface area (Å²) >= 11 is 0. The number of hydrogen-bond donors (Lipinski definition) is 0. The molecule has 0 N–H and O–H groups in total. The second kappa shape index (κ2) is 10.1. The Morgan fingerprint density at radius 3 is 2.50 bits per heavy atom. The molecule has 30 heavy (non-hydrogen) atoms. The average molecular weight is 411 g/mol. The first-order valence-corrected chi connectivity index (χ1v) is 10.3. The first kappa shape index (κ1) is 21.7. The molecule has 6 heteroatoms. The number of carbonyl (C=O) groups excluding carboxylic acids is 2. The highest BCUT2D eigenvalue weighted by molar-refractivity contribution is 5.82. The molecule has 1 heterocycles. The van der Waals surface area contributed by atoms with Gasteiger partial charge < -0.3 is 18.8 Å². The zero-order chi connectivity index (χ0) is 21.5. The van der Waals surface area contributed by atoms with Crippen LogP contribution in [-0.4, -0.2) is 30.0 Å². The van der Waals surface area contributed by atoms with Crippen LogP contribution in [-0.2, 0) is 20.9 Å². The number of nitrogens with zero attached hydrogens (tertiary/aromatic N) is 1. The van der Waals surface area contributed by atoms with E-state index < -0.39 is 5.97 Å². The van der Waals surface area contributed by atoms with E-state index in [1.807, 2.05) is 39.0 Å². The fourth-order valence-electron chi connectivity index (χ4n) is 3.76. The van der Waals surface area contributed by atoms with Crippen molar-refractivity contribution in [3.05, 3.63) is 64.8 Å². The van der Waals surface area contributed by atoms with Crippen molar-refractivity contribution in [2.75, 3.05) is 13.2 Å². The highest BCUT2D eigenvalue weighted by Crippen LogP contribution is 2.25. The van der Waals surface area contributed by atoms with Crippen molar-refractivity contribution in [3.8, 4) is 5.75 Å². The van der Waals surface area contributed by atoms with Gasteiger partial charge in [-0.1, -0.05) is 23.8 Å². The summed E-state index contributed by atoms with van der Waals surface area (Å²) in [4.78, 5) is 26.6. The van der Waals surface area contributed by atoms with E-state index >= 15 is 0 Å². The molecule has 3 rings (SSSR count). The maximum Gasteiger partial charge on any atom is 0.344 e. The molecule has 0 saturated carbocycles. The van der Waals surface area contributed by atoms with Gasteiger partial charge in [0.2, 0.25) is 0 Å². The summed E-state index contributed by atoms with van der Waals surface area (Å²) in [6.07, 6.45) is 7.60. The van der Waals surface area contributed by atoms with Gasteiger partial charge in [0.1, 0.15) is 11.5 Å². The maximum atomic E-state index is 12.8. The number of allylic oxidation sites excluding steroid dienone is 2. The molecule has 0 atom stereocenters. The molecule has 0 unspecified atom stereocenters. The Bertz CT molecular complexity index is 891. The molecule has 160 valence electrons. The van der Waals surface area contributed by atoms with E-state index in [1.165, 1.54) is 0 Å². The minimum atomic E-state index is -0.571. The maximum absolute atomic E-state index is 12.8. The Kier molecular flexibility index (Phi) is 7.33. The monoisotopic (exact) mass is 411 g/mol. The summed E-state index contributed by atoms with van der Waals surface area (Å²) in [7, 11) is 0. The fraction of sp³-hybridized carbons (Fsp3) is 0.417. The smallest absolute Gasteiger partial charge is 0.344 e. The predicted octanol–water partition coefficient (Wildman–Crippen LogP) is 4.61. The minimum absolute atomic E-state index is 0.237. The van der Waals surface area contributed by atoms with Gasteiger partial charge in [0.15, 0.2) is 13.2 Å². The molecule has 0 spiro atoms. The highest BCUT2D eigenvalue weighted by Gasteiger charge is 2.22. The molecular weight excluding hydrogens is 382 g/mol. The van der Waals surface area contributed by atoms with E-state index in [0.717, 1.165) is 48.1 Å². The van der Waals surface area contributed by atoms with Gasteiger partial charge >= 0.3 is 5.97 Å². The van der Waals surface area contributed by atoms with Crippen LogP contribution in [0.4, 0.5) is 0 Å². The molecule has 2 aromatic rings. The third kappa shape index (κ3) is 5.75. The standard InChI is InChI=1S/C24H29NO5/c1-17-12-18(2)24(19(3)13-17)30-16-23(27)29-15-22(26)25(14-21-10-7-11-28-21)20-8-5-4-6-9-20/h7-8,10-13H,4-6,9,14-16H2,1-3H3. The van der Waals surface area contributed by atoms with Gasteiger partial charge in [0, 0.05) is 5.70 Å². The number of benzene rings is 1. The number of aryl methyl sites for hydroxylation is 3. The van der Waals surface area contributed by atoms with Crippen LogP contribution < -0.4 is 4.74 Å². The van der Waals surface area contributed by atoms with Crippen molar-refractivity contribution in [1.29, 1.82) is 0 Å². The van der Waals surface area contributed by atoms with Crippen molar-refractivity contribution >= 4 is 11.9 Å². The Morgan fingerprint density at radius 1 is 1.10 bits per heavy atom. The summed E-state index contributed by atoms with van der Waals surface area (Å²) in [5, 5.41) is 0. The number of hydrogen-bond acceptors (Lipinski definition) is 5. The van der Waals surface area contributed by atoms with E-state index in [4.69, 9.17) is 13.9 Å². The topological polar surface area (TPSA) is 69.0 Å². The molecule has 0 aliphatic heterocycles. The number of esters is 1. The van der Waals surface area contributed by atoms with Gasteiger partial charge in [-0.15, -0.1) is 0 Å². The molecule has 0 saturated heterocycles. The molecular formula is C24H29NO5. The van der Waals surface area contributed by atoms with Crippen LogP contribution in [0.5, 0.6) is 5.75 Å². The molecule has 1 amide bonds. The zero-order valence-electron chi connectivity index (χ0n) is 17.9. The van der Waals surface area contributed by atoms with E-state index in [0.29, 0.717) is 18.1 Å². The van der Waals surface area contributed by atoms with Gasteiger partial charge in [0.25, 0.3) is 5.91 Å². The molecule has 6 nitrogen and oxygen atoms in total. The largest absolute Gasteiger partial charge is 0.481 e. The lowest BCUT2D eigenvalue weighted by molar-refractivity contribution is -0.153. The third-order valence-corrected chi connectivity index (χ3v) is 5.10. The molecule has 0 bridgehead atoms. The average Bonchev–Trinajstić information content (AvgIpc) is 3.23. The molecule has 0 fully saturated rings. The van der Waals surface area contributed by atoms with E-state index in [2.05, 4.69) is 6.08 Å². The van der Waals surface area contributed by atoms with E-state index in [-0.39, 0.29) is 19.1 Å². The Balaban J connectivity index is 1.56. The van der Waals surface area contributed by atoms with E-state index in [9.17, 15) is 9.59 Å². The number of rotatable bonds is 8. The van der Waals surface area contributed by atoms with Crippen molar-refractivity contribution in [2.24, 2.45) is 0 Å². The van der Waals surface area contributed by atoms with Gasteiger partial charge in [-0.25, -0.2) is 4.79 Å². The van der Waals surface area contributed by atoms with Crippen LogP contribution in [0.1, 0.15) is 48.1 Å². The Hall–Kier alpha value is -3.02. The second-order valence-corrected chi connectivity index (χ2v) is 7.68. The van der Waals surface area contributed by atoms with Crippen molar-refractivity contribution < 1.29 is 23.5 Å². The summed E-state index contributed by atoms with van der Waals surface area (Å²) in [6.45, 7) is 5.65. The molecule has 1 aliphatic carbocycles. The highest BCUT2D eigenvalue weighted by atomic mass is 16.6. The third-order valence-electron chi connectivity index (χ3n) is 5.10. The second-order valence-electron chi connectivity index (χ2n) is 7.68. The van der Waals surface area contributed by atoms with Crippen molar-refractivity contribution in [3.63, 3.8) is 0 Å². The van der Waals surface area contributed by atoms with Gasteiger partial charge in [0.05, 0.1) is 12.8 Å². The predicted molar refractivity (Wildman–Crippen MR) is 113 cm³/mol. The van der Waals surface area contributed by atoms with Crippen LogP contribution in [0, 0.1) is 20.8 Å². The van der Waals surface area contributed by atoms with Gasteiger partial charge in [-0.2, -0.15) is 0 Å². The van der Waals surface area contributed by atoms with Crippen LogP contribution in [0.15, 0.2) is 46.7 Å². The van der Waals surface area contributed by atoms with Gasteiger partial charge in [-0.05, 0) is 69.7 Å². The number of carbonyl (C=O) groups is 2. The quantitative estimate of drug-likeness (QED) is 0.593. The zero-order valence-corrected chi connectivity index (χ0v) is 17.9. The van der Waals surface area contributed by atoms with Crippen LogP contribution >= 0.6 is 0 Å². The number of amides is 1. The number of ether oxygens (including phenoxy) is 2. The lowest BCUT2D eigenvalue weighted by atomic mass is 10.0. The first-order chi connectivity index (χ1) is 14.4. The minimum Gasteiger partial charge on any atom is -0.481 e. The summed E-state index contributed by atoms with van der Waals surface area (Å²) in [6, 6.07) is 7.62. The lowest BCUT2D eigenvalue weighted by Gasteiger charge is -2.27. The van der Waals surface area contributed by atoms with Crippen molar-refractivity contribution in [1.82, 2.24) is 4.90 Å².